The normalized spacial score (nSPS) is 12.5. The maximum absolute atomic E-state index is 10.5. The average molecular weight is 178 g/mol. The molecular formula is C11H14O2. The van der Waals surface area contributed by atoms with Crippen LogP contribution in [0.5, 0.6) is 5.75 Å². The van der Waals surface area contributed by atoms with Gasteiger partial charge in [0.1, 0.15) is 12.0 Å². The third-order valence-corrected chi connectivity index (χ3v) is 2.20. The van der Waals surface area contributed by atoms with E-state index in [1.54, 1.807) is 13.0 Å². The van der Waals surface area contributed by atoms with E-state index in [9.17, 15) is 9.90 Å². The fraction of sp³-hybridized carbons (Fsp3) is 0.364. The number of phenols is 1. The van der Waals surface area contributed by atoms with Crippen LogP contribution in [0.25, 0.3) is 0 Å². The van der Waals surface area contributed by atoms with Crippen LogP contribution in [0.3, 0.4) is 0 Å². The summed E-state index contributed by atoms with van der Waals surface area (Å²) in [5, 5.41) is 9.57. The molecule has 0 saturated carbocycles. The lowest BCUT2D eigenvalue weighted by Gasteiger charge is -2.08. The molecule has 0 amide bonds. The highest BCUT2D eigenvalue weighted by molar-refractivity contribution is 5.63. The van der Waals surface area contributed by atoms with Crippen molar-refractivity contribution in [3.63, 3.8) is 0 Å². The van der Waals surface area contributed by atoms with Crippen LogP contribution in [0.4, 0.5) is 0 Å². The lowest BCUT2D eigenvalue weighted by molar-refractivity contribution is -0.108. The number of benzene rings is 1. The molecule has 0 aliphatic carbocycles. The van der Waals surface area contributed by atoms with Gasteiger partial charge in [-0.2, -0.15) is 0 Å². The molecule has 2 heteroatoms. The summed E-state index contributed by atoms with van der Waals surface area (Å²) in [6.45, 7) is 3.80. The van der Waals surface area contributed by atoms with Crippen molar-refractivity contribution in [2.45, 2.75) is 26.2 Å². The highest BCUT2D eigenvalue weighted by Gasteiger charge is 2.08. The Labute approximate surface area is 78.2 Å². The molecule has 1 aromatic carbocycles. The van der Waals surface area contributed by atoms with Gasteiger partial charge in [-0.25, -0.2) is 0 Å². The van der Waals surface area contributed by atoms with E-state index in [0.717, 1.165) is 18.3 Å². The van der Waals surface area contributed by atoms with E-state index in [1.165, 1.54) is 0 Å². The van der Waals surface area contributed by atoms with Crippen LogP contribution < -0.4 is 0 Å². The van der Waals surface area contributed by atoms with Crippen molar-refractivity contribution in [1.29, 1.82) is 0 Å². The van der Waals surface area contributed by atoms with Crippen LogP contribution in [0.1, 0.15) is 30.9 Å². The van der Waals surface area contributed by atoms with Gasteiger partial charge in [-0.1, -0.05) is 26.0 Å². The zero-order valence-electron chi connectivity index (χ0n) is 7.95. The summed E-state index contributed by atoms with van der Waals surface area (Å²) in [5.41, 5.74) is 1.78. The molecule has 1 aromatic rings. The Morgan fingerprint density at radius 1 is 1.54 bits per heavy atom. The number of hydrogen-bond acceptors (Lipinski definition) is 2. The van der Waals surface area contributed by atoms with Crippen molar-refractivity contribution >= 4 is 6.29 Å². The number of aromatic hydroxyl groups is 1. The van der Waals surface area contributed by atoms with Crippen molar-refractivity contribution < 1.29 is 9.90 Å². The Balaban J connectivity index is 3.04. The number of rotatable bonds is 3. The molecule has 0 heterocycles. The average Bonchev–Trinajstić information content (AvgIpc) is 2.16. The predicted octanol–water partition coefficient (Wildman–Crippen LogP) is 2.26. The van der Waals surface area contributed by atoms with Crippen molar-refractivity contribution in [3.8, 4) is 5.75 Å². The van der Waals surface area contributed by atoms with Crippen LogP contribution >= 0.6 is 0 Å². The van der Waals surface area contributed by atoms with Crippen LogP contribution in [0, 0.1) is 0 Å². The van der Waals surface area contributed by atoms with Gasteiger partial charge in [0.05, 0.1) is 0 Å². The third-order valence-electron chi connectivity index (χ3n) is 2.20. The fourth-order valence-corrected chi connectivity index (χ4v) is 1.27. The van der Waals surface area contributed by atoms with Gasteiger partial charge >= 0.3 is 0 Å². The van der Waals surface area contributed by atoms with Crippen molar-refractivity contribution in [3.05, 3.63) is 29.3 Å². The van der Waals surface area contributed by atoms with Crippen LogP contribution in [-0.4, -0.2) is 11.4 Å². The second-order valence-electron chi connectivity index (χ2n) is 3.17. The summed E-state index contributed by atoms with van der Waals surface area (Å²) in [4.78, 5) is 10.5. The van der Waals surface area contributed by atoms with E-state index < -0.39 is 0 Å². The lowest BCUT2D eigenvalue weighted by atomic mass is 9.99. The monoisotopic (exact) mass is 178 g/mol. The van der Waals surface area contributed by atoms with Gasteiger partial charge in [0.2, 0.25) is 0 Å². The van der Waals surface area contributed by atoms with E-state index in [0.29, 0.717) is 5.56 Å². The molecule has 0 fully saturated rings. The van der Waals surface area contributed by atoms with Gasteiger partial charge in [0.15, 0.2) is 0 Å². The molecule has 1 atom stereocenters. The second-order valence-corrected chi connectivity index (χ2v) is 3.17. The van der Waals surface area contributed by atoms with Gasteiger partial charge in [-0.15, -0.1) is 0 Å². The van der Waals surface area contributed by atoms with Crippen LogP contribution in [0.15, 0.2) is 18.2 Å². The zero-order chi connectivity index (χ0) is 9.84. The first-order chi connectivity index (χ1) is 6.19. The first-order valence-electron chi connectivity index (χ1n) is 4.46. The number of carbonyl (C=O) groups is 1. The molecule has 1 N–H and O–H groups in total. The van der Waals surface area contributed by atoms with Crippen molar-refractivity contribution in [2.75, 3.05) is 0 Å². The van der Waals surface area contributed by atoms with E-state index in [-0.39, 0.29) is 11.7 Å². The maximum Gasteiger partial charge on any atom is 0.127 e. The fourth-order valence-electron chi connectivity index (χ4n) is 1.27. The molecule has 1 rings (SSSR count). The summed E-state index contributed by atoms with van der Waals surface area (Å²) in [6, 6.07) is 5.47. The first-order valence-corrected chi connectivity index (χ1v) is 4.46. The number of aldehydes is 1. The van der Waals surface area contributed by atoms with Gasteiger partial charge in [-0.05, 0) is 18.1 Å². The maximum atomic E-state index is 10.5. The topological polar surface area (TPSA) is 37.3 Å². The zero-order valence-corrected chi connectivity index (χ0v) is 7.95. The predicted molar refractivity (Wildman–Crippen MR) is 52.0 cm³/mol. The van der Waals surface area contributed by atoms with E-state index in [4.69, 9.17) is 0 Å². The van der Waals surface area contributed by atoms with Crippen LogP contribution in [0.2, 0.25) is 0 Å². The van der Waals surface area contributed by atoms with E-state index in [1.807, 2.05) is 19.1 Å². The number of phenolic OH excluding ortho intramolecular Hbond substituents is 1. The quantitative estimate of drug-likeness (QED) is 0.721. The van der Waals surface area contributed by atoms with E-state index >= 15 is 0 Å². The van der Waals surface area contributed by atoms with Crippen molar-refractivity contribution in [2.24, 2.45) is 0 Å². The molecule has 70 valence electrons. The Morgan fingerprint density at radius 2 is 2.23 bits per heavy atom. The minimum atomic E-state index is -0.231. The number of carbonyl (C=O) groups excluding carboxylic acids is 1. The van der Waals surface area contributed by atoms with Gasteiger partial charge in [-0.3, -0.25) is 0 Å². The minimum Gasteiger partial charge on any atom is -0.508 e. The highest BCUT2D eigenvalue weighted by atomic mass is 16.3. The highest BCUT2D eigenvalue weighted by Crippen LogP contribution is 2.25. The molecular weight excluding hydrogens is 164 g/mol. The third kappa shape index (κ3) is 2.08. The molecule has 0 saturated heterocycles. The molecule has 0 spiro atoms. The Morgan fingerprint density at radius 3 is 2.69 bits per heavy atom. The van der Waals surface area contributed by atoms with Crippen molar-refractivity contribution in [1.82, 2.24) is 0 Å². The molecule has 1 unspecified atom stereocenters. The summed E-state index contributed by atoms with van der Waals surface area (Å²) >= 11 is 0. The minimum absolute atomic E-state index is 0.221. The summed E-state index contributed by atoms with van der Waals surface area (Å²) in [6.07, 6.45) is 1.73. The lowest BCUT2D eigenvalue weighted by Crippen LogP contribution is -1.95. The molecule has 0 aliphatic heterocycles. The molecule has 2 nitrogen and oxygen atoms in total. The number of aryl methyl sites for hydroxylation is 1. The Hall–Kier alpha value is -1.31. The Bertz CT molecular complexity index is 305. The number of hydrogen-bond donors (Lipinski definition) is 1. The standard InChI is InChI=1S/C11H14O2/c1-3-9-4-5-10(8(2)7-12)11(13)6-9/h4-8,13H,3H2,1-2H3. The van der Waals surface area contributed by atoms with E-state index in [2.05, 4.69) is 0 Å². The van der Waals surface area contributed by atoms with Crippen LogP contribution in [-0.2, 0) is 11.2 Å². The first kappa shape index (κ1) is 9.78. The molecule has 0 radical (unpaired) electrons. The van der Waals surface area contributed by atoms with Gasteiger partial charge in [0.25, 0.3) is 0 Å². The molecule has 0 aliphatic rings. The largest absolute Gasteiger partial charge is 0.508 e. The second kappa shape index (κ2) is 4.08. The molecule has 0 bridgehead atoms. The molecule has 0 aromatic heterocycles. The van der Waals surface area contributed by atoms with Gasteiger partial charge in [0, 0.05) is 11.5 Å². The summed E-state index contributed by atoms with van der Waals surface area (Å²) in [7, 11) is 0. The molecule has 13 heavy (non-hydrogen) atoms. The van der Waals surface area contributed by atoms with Gasteiger partial charge < -0.3 is 9.90 Å². The SMILES string of the molecule is CCc1ccc(C(C)C=O)c(O)c1. The summed E-state index contributed by atoms with van der Waals surface area (Å²) in [5.74, 6) is -0.00939. The summed E-state index contributed by atoms with van der Waals surface area (Å²) < 4.78 is 0. The smallest absolute Gasteiger partial charge is 0.127 e. The Kier molecular flexibility index (Phi) is 3.07.